The van der Waals surface area contributed by atoms with Crippen LogP contribution in [0.3, 0.4) is 0 Å². The minimum Gasteiger partial charge on any atom is -0.469 e. The van der Waals surface area contributed by atoms with E-state index in [1.54, 1.807) is 6.07 Å². The highest BCUT2D eigenvalue weighted by Gasteiger charge is 2.45. The van der Waals surface area contributed by atoms with E-state index in [1.807, 2.05) is 6.07 Å². The Morgan fingerprint density at radius 1 is 1.03 bits per heavy atom. The normalized spacial score (nSPS) is 16.1. The quantitative estimate of drug-likeness (QED) is 0.286. The largest absolute Gasteiger partial charge is 0.469 e. The number of alkyl halides is 2. The van der Waals surface area contributed by atoms with Crippen molar-refractivity contribution in [1.29, 1.82) is 10.5 Å². The first kappa shape index (κ1) is 26.3. The lowest BCUT2D eigenvalue weighted by Crippen LogP contribution is -2.34. The van der Waals surface area contributed by atoms with Gasteiger partial charge in [-0.2, -0.15) is 38.0 Å². The second-order valence-corrected chi connectivity index (χ2v) is 7.87. The van der Waals surface area contributed by atoms with E-state index in [-0.39, 0.29) is 19.3 Å². The zero-order chi connectivity index (χ0) is 22.9. The maximum absolute atomic E-state index is 13.0. The number of azo groups is 1. The van der Waals surface area contributed by atoms with E-state index in [0.29, 0.717) is 0 Å². The van der Waals surface area contributed by atoms with Crippen molar-refractivity contribution in [3.63, 3.8) is 0 Å². The topological polar surface area (TPSA) is 179 Å². The number of hydrogen-bond acceptors (Lipinski definition) is 10. The molecule has 0 radical (unpaired) electrons. The smallest absolute Gasteiger partial charge is 0.402 e. The van der Waals surface area contributed by atoms with Gasteiger partial charge in [-0.05, 0) is 26.7 Å². The Balaban J connectivity index is 4.96. The lowest BCUT2D eigenvalue weighted by molar-refractivity contribution is -0.150. The Morgan fingerprint density at radius 3 is 1.79 bits per heavy atom. The number of carbonyl (C=O) groups is 2. The molecule has 0 fully saturated rings. The molecule has 2 atom stereocenters. The molecule has 14 heteroatoms. The van der Waals surface area contributed by atoms with Crippen molar-refractivity contribution < 1.29 is 40.8 Å². The average Bonchev–Trinajstić information content (AvgIpc) is 2.66. The summed E-state index contributed by atoms with van der Waals surface area (Å²) >= 11 is 0. The third-order valence-corrected chi connectivity index (χ3v) is 4.48. The van der Waals surface area contributed by atoms with Crippen molar-refractivity contribution in [2.45, 2.75) is 55.9 Å². The van der Waals surface area contributed by atoms with Crippen LogP contribution < -0.4 is 0 Å². The van der Waals surface area contributed by atoms with E-state index in [0.717, 1.165) is 0 Å². The molecular weight excluding hydrogens is 418 g/mol. The van der Waals surface area contributed by atoms with Gasteiger partial charge in [0.05, 0.1) is 19.2 Å². The van der Waals surface area contributed by atoms with E-state index >= 15 is 0 Å². The minimum atomic E-state index is -5.75. The van der Waals surface area contributed by atoms with E-state index in [2.05, 4.69) is 19.7 Å². The summed E-state index contributed by atoms with van der Waals surface area (Å²) in [6, 6.07) is 3.59. The fraction of sp³-hybridized carbons (Fsp3) is 0.733. The van der Waals surface area contributed by atoms with Gasteiger partial charge in [0.2, 0.25) is 0 Å². The average molecular weight is 438 g/mol. The SMILES string of the molecule is COC(=O)CCC(C)(C#N)N=NC(C)(C#N)CCC(=O)OCC(F)(F)S(=O)(=O)O. The van der Waals surface area contributed by atoms with Crippen LogP contribution in [0.5, 0.6) is 0 Å². The molecule has 29 heavy (non-hydrogen) atoms. The summed E-state index contributed by atoms with van der Waals surface area (Å²) in [4.78, 5) is 22.7. The molecule has 0 aliphatic heterocycles. The van der Waals surface area contributed by atoms with Crippen LogP contribution in [0, 0.1) is 22.7 Å². The number of hydrogen-bond donors (Lipinski definition) is 1. The molecule has 0 aromatic rings. The fourth-order valence-corrected chi connectivity index (χ4v) is 1.79. The maximum atomic E-state index is 13.0. The molecular formula is C15H20F2N4O7S. The van der Waals surface area contributed by atoms with E-state index in [1.165, 1.54) is 21.0 Å². The Hall–Kier alpha value is -2.71. The van der Waals surface area contributed by atoms with Crippen LogP contribution in [0.15, 0.2) is 10.2 Å². The Morgan fingerprint density at radius 2 is 1.45 bits per heavy atom. The molecule has 2 unspecified atom stereocenters. The summed E-state index contributed by atoms with van der Waals surface area (Å²) in [6.45, 7) is 0.729. The molecule has 0 rings (SSSR count). The first-order chi connectivity index (χ1) is 13.1. The lowest BCUT2D eigenvalue weighted by atomic mass is 9.97. The molecule has 0 aromatic carbocycles. The Labute approximate surface area is 166 Å². The zero-order valence-electron chi connectivity index (χ0n) is 15.9. The number of esters is 2. The molecule has 0 aliphatic rings. The molecule has 0 saturated carbocycles. The molecule has 11 nitrogen and oxygen atoms in total. The van der Waals surface area contributed by atoms with Gasteiger partial charge in [-0.3, -0.25) is 14.1 Å². The van der Waals surface area contributed by atoms with Gasteiger partial charge in [0.15, 0.2) is 17.7 Å². The predicted molar refractivity (Wildman–Crippen MR) is 90.8 cm³/mol. The van der Waals surface area contributed by atoms with Gasteiger partial charge in [0.25, 0.3) is 0 Å². The van der Waals surface area contributed by atoms with Crippen LogP contribution >= 0.6 is 0 Å². The van der Waals surface area contributed by atoms with Crippen molar-refractivity contribution in [2.75, 3.05) is 13.7 Å². The second-order valence-electron chi connectivity index (χ2n) is 6.32. The highest BCUT2D eigenvalue weighted by molar-refractivity contribution is 7.86. The molecule has 0 bridgehead atoms. The number of ether oxygens (including phenoxy) is 2. The first-order valence-corrected chi connectivity index (χ1v) is 9.41. The van der Waals surface area contributed by atoms with Gasteiger partial charge < -0.3 is 9.47 Å². The molecule has 0 saturated heterocycles. The summed E-state index contributed by atoms with van der Waals surface area (Å²) in [6.07, 6.45) is -1.12. The van der Waals surface area contributed by atoms with Gasteiger partial charge in [0, 0.05) is 12.8 Å². The van der Waals surface area contributed by atoms with Crippen LogP contribution in [-0.2, 0) is 29.2 Å². The minimum absolute atomic E-state index is 0.0477. The van der Waals surface area contributed by atoms with Gasteiger partial charge in [-0.15, -0.1) is 0 Å². The van der Waals surface area contributed by atoms with Crippen LogP contribution in [0.25, 0.3) is 0 Å². The zero-order valence-corrected chi connectivity index (χ0v) is 16.7. The molecule has 1 N–H and O–H groups in total. The molecule has 0 aliphatic carbocycles. The van der Waals surface area contributed by atoms with E-state index < -0.39 is 51.4 Å². The molecule has 0 aromatic heterocycles. The summed E-state index contributed by atoms with van der Waals surface area (Å²) in [5, 5.41) is 21.3. The van der Waals surface area contributed by atoms with Crippen molar-refractivity contribution in [3.8, 4) is 12.1 Å². The Bertz CT molecular complexity index is 835. The molecule has 0 heterocycles. The number of methoxy groups -OCH3 is 1. The van der Waals surface area contributed by atoms with Crippen LogP contribution in [-0.4, -0.2) is 55.0 Å². The standard InChI is InChI=1S/C15H20F2N4O7S/c1-13(8-18,6-4-11(22)27-3)20-21-14(2,9-19)7-5-12(23)28-10-15(16,17)29(24,25)26/h4-7,10H2,1-3H3,(H,24,25,26). The maximum Gasteiger partial charge on any atom is 0.402 e. The monoisotopic (exact) mass is 438 g/mol. The highest BCUT2D eigenvalue weighted by Crippen LogP contribution is 2.25. The van der Waals surface area contributed by atoms with Crippen LogP contribution in [0.1, 0.15) is 39.5 Å². The number of nitriles is 2. The van der Waals surface area contributed by atoms with Crippen LogP contribution in [0.4, 0.5) is 8.78 Å². The number of rotatable bonds is 11. The van der Waals surface area contributed by atoms with Gasteiger partial charge in [0.1, 0.15) is 0 Å². The van der Waals surface area contributed by atoms with E-state index in [9.17, 15) is 37.3 Å². The summed E-state index contributed by atoms with van der Waals surface area (Å²) in [7, 11) is -4.58. The fourth-order valence-electron chi connectivity index (χ4n) is 1.58. The number of halogens is 2. The van der Waals surface area contributed by atoms with Gasteiger partial charge in [-0.1, -0.05) is 0 Å². The molecule has 162 valence electrons. The van der Waals surface area contributed by atoms with Crippen molar-refractivity contribution in [1.82, 2.24) is 0 Å². The molecule has 0 amide bonds. The second kappa shape index (κ2) is 10.2. The summed E-state index contributed by atoms with van der Waals surface area (Å²) < 4.78 is 63.8. The first-order valence-electron chi connectivity index (χ1n) is 7.97. The summed E-state index contributed by atoms with van der Waals surface area (Å²) in [5.41, 5.74) is -3.09. The predicted octanol–water partition coefficient (Wildman–Crippen LogP) is 1.76. The van der Waals surface area contributed by atoms with Crippen LogP contribution in [0.2, 0.25) is 0 Å². The lowest BCUT2D eigenvalue weighted by Gasteiger charge is -2.19. The van der Waals surface area contributed by atoms with Crippen molar-refractivity contribution >= 4 is 22.1 Å². The van der Waals surface area contributed by atoms with Crippen molar-refractivity contribution in [2.24, 2.45) is 10.2 Å². The van der Waals surface area contributed by atoms with Crippen molar-refractivity contribution in [3.05, 3.63) is 0 Å². The highest BCUT2D eigenvalue weighted by atomic mass is 32.2. The number of nitrogens with zero attached hydrogens (tertiary/aromatic N) is 4. The third kappa shape index (κ3) is 8.89. The van der Waals surface area contributed by atoms with Gasteiger partial charge in [-0.25, -0.2) is 0 Å². The molecule has 0 spiro atoms. The number of carbonyl (C=O) groups excluding carboxylic acids is 2. The third-order valence-electron chi connectivity index (χ3n) is 3.61. The van der Waals surface area contributed by atoms with E-state index in [4.69, 9.17) is 4.55 Å². The Kier molecular flexibility index (Phi) is 9.23. The summed E-state index contributed by atoms with van der Waals surface area (Å²) in [5.74, 6) is -1.84. The van der Waals surface area contributed by atoms with Gasteiger partial charge >= 0.3 is 27.3 Å².